The minimum atomic E-state index is -0.353. The van der Waals surface area contributed by atoms with E-state index >= 15 is 0 Å². The van der Waals surface area contributed by atoms with Crippen LogP contribution in [0.4, 0.5) is 11.5 Å². The molecule has 0 saturated carbocycles. The predicted octanol–water partition coefficient (Wildman–Crippen LogP) is 3.13. The van der Waals surface area contributed by atoms with Gasteiger partial charge < -0.3 is 19.7 Å². The lowest BCUT2D eigenvalue weighted by molar-refractivity contribution is 0.0499. The number of benzene rings is 1. The van der Waals surface area contributed by atoms with E-state index in [1.807, 2.05) is 13.0 Å². The molecule has 1 saturated heterocycles. The third-order valence-electron chi connectivity index (χ3n) is 4.45. The Morgan fingerprint density at radius 3 is 2.46 bits per heavy atom. The fourth-order valence-electron chi connectivity index (χ4n) is 2.79. The number of amides is 1. The molecular weight excluding hydrogens is 358 g/mol. The molecule has 2 heterocycles. The lowest BCUT2D eigenvalue weighted by atomic mass is 10.2. The molecular formula is C21H25N3O4. The van der Waals surface area contributed by atoms with Gasteiger partial charge >= 0.3 is 5.97 Å². The van der Waals surface area contributed by atoms with E-state index in [1.54, 1.807) is 36.5 Å². The number of nitrogens with one attached hydrogen (secondary N) is 1. The lowest BCUT2D eigenvalue weighted by Crippen LogP contribution is -2.36. The van der Waals surface area contributed by atoms with Gasteiger partial charge in [-0.2, -0.15) is 0 Å². The first kappa shape index (κ1) is 19.8. The summed E-state index contributed by atoms with van der Waals surface area (Å²) in [5.41, 5.74) is 1.54. The van der Waals surface area contributed by atoms with Gasteiger partial charge in [0.15, 0.2) is 0 Å². The van der Waals surface area contributed by atoms with Gasteiger partial charge in [0.2, 0.25) is 0 Å². The number of hydrogen-bond donors (Lipinski definition) is 1. The third kappa shape index (κ3) is 5.29. The van der Waals surface area contributed by atoms with E-state index in [0.29, 0.717) is 36.6 Å². The number of ether oxygens (including phenoxy) is 2. The first-order valence-corrected chi connectivity index (χ1v) is 9.54. The van der Waals surface area contributed by atoms with E-state index in [1.165, 1.54) is 0 Å². The first-order chi connectivity index (χ1) is 13.7. The van der Waals surface area contributed by atoms with Crippen molar-refractivity contribution < 1.29 is 19.1 Å². The van der Waals surface area contributed by atoms with Gasteiger partial charge in [-0.15, -0.1) is 0 Å². The highest BCUT2D eigenvalue weighted by Crippen LogP contribution is 2.15. The van der Waals surface area contributed by atoms with Gasteiger partial charge in [-0.05, 0) is 42.8 Å². The second kappa shape index (κ2) is 9.85. The van der Waals surface area contributed by atoms with Crippen molar-refractivity contribution in [3.05, 3.63) is 53.7 Å². The number of aromatic nitrogens is 1. The van der Waals surface area contributed by atoms with Crippen LogP contribution in [0.5, 0.6) is 0 Å². The van der Waals surface area contributed by atoms with Crippen molar-refractivity contribution in [1.82, 2.24) is 4.98 Å². The molecule has 148 valence electrons. The van der Waals surface area contributed by atoms with Gasteiger partial charge in [-0.3, -0.25) is 4.79 Å². The van der Waals surface area contributed by atoms with E-state index in [4.69, 9.17) is 9.47 Å². The van der Waals surface area contributed by atoms with Crippen molar-refractivity contribution in [2.75, 3.05) is 43.1 Å². The fraction of sp³-hybridized carbons (Fsp3) is 0.381. The first-order valence-electron chi connectivity index (χ1n) is 9.54. The number of pyridine rings is 1. The van der Waals surface area contributed by atoms with Crippen LogP contribution in [0, 0.1) is 0 Å². The average Bonchev–Trinajstić information content (AvgIpc) is 2.75. The SMILES string of the molecule is CCCCOC(=O)c1ccc(NC(=O)c2ccc(N3CCOCC3)nc2)cc1. The summed E-state index contributed by atoms with van der Waals surface area (Å²) in [6, 6.07) is 10.3. The number of unbranched alkanes of at least 4 members (excludes halogenated alkanes) is 1. The van der Waals surface area contributed by atoms with Gasteiger partial charge in [0, 0.05) is 25.0 Å². The monoisotopic (exact) mass is 383 g/mol. The number of carbonyl (C=O) groups excluding carboxylic acids is 2. The molecule has 7 heteroatoms. The van der Waals surface area contributed by atoms with Gasteiger partial charge in [0.05, 0.1) is 30.9 Å². The number of morpholine rings is 1. The Labute approximate surface area is 164 Å². The molecule has 1 amide bonds. The topological polar surface area (TPSA) is 80.8 Å². The van der Waals surface area contributed by atoms with Crippen molar-refractivity contribution in [3.8, 4) is 0 Å². The summed E-state index contributed by atoms with van der Waals surface area (Å²) in [6.45, 7) is 5.42. The van der Waals surface area contributed by atoms with Crippen molar-refractivity contribution >= 4 is 23.4 Å². The zero-order valence-corrected chi connectivity index (χ0v) is 16.0. The van der Waals surface area contributed by atoms with Crippen LogP contribution in [-0.4, -0.2) is 49.8 Å². The number of esters is 1. The molecule has 0 atom stereocenters. The number of hydrogen-bond acceptors (Lipinski definition) is 6. The largest absolute Gasteiger partial charge is 0.462 e. The van der Waals surface area contributed by atoms with Crippen molar-refractivity contribution in [2.24, 2.45) is 0 Å². The fourth-order valence-corrected chi connectivity index (χ4v) is 2.79. The summed E-state index contributed by atoms with van der Waals surface area (Å²) in [6.07, 6.45) is 3.39. The van der Waals surface area contributed by atoms with E-state index < -0.39 is 0 Å². The standard InChI is InChI=1S/C21H25N3O4/c1-2-3-12-28-21(26)16-4-7-18(8-5-16)23-20(25)17-6-9-19(22-15-17)24-10-13-27-14-11-24/h4-9,15H,2-3,10-14H2,1H3,(H,23,25). The zero-order valence-electron chi connectivity index (χ0n) is 16.0. The second-order valence-electron chi connectivity index (χ2n) is 6.53. The van der Waals surface area contributed by atoms with Crippen LogP contribution >= 0.6 is 0 Å². The zero-order chi connectivity index (χ0) is 19.8. The molecule has 1 aliphatic rings. The molecule has 1 fully saturated rings. The third-order valence-corrected chi connectivity index (χ3v) is 4.45. The molecule has 1 N–H and O–H groups in total. The Balaban J connectivity index is 1.56. The number of anilines is 2. The van der Waals surface area contributed by atoms with Gasteiger partial charge in [-0.25, -0.2) is 9.78 Å². The van der Waals surface area contributed by atoms with E-state index in [0.717, 1.165) is 31.7 Å². The van der Waals surface area contributed by atoms with Gasteiger partial charge in [-0.1, -0.05) is 13.3 Å². The summed E-state index contributed by atoms with van der Waals surface area (Å²) in [7, 11) is 0. The van der Waals surface area contributed by atoms with Crippen LogP contribution in [-0.2, 0) is 9.47 Å². The van der Waals surface area contributed by atoms with Crippen molar-refractivity contribution in [2.45, 2.75) is 19.8 Å². The molecule has 28 heavy (non-hydrogen) atoms. The second-order valence-corrected chi connectivity index (χ2v) is 6.53. The molecule has 0 radical (unpaired) electrons. The average molecular weight is 383 g/mol. The van der Waals surface area contributed by atoms with Crippen LogP contribution in [0.2, 0.25) is 0 Å². The normalized spacial score (nSPS) is 13.8. The van der Waals surface area contributed by atoms with Crippen molar-refractivity contribution in [3.63, 3.8) is 0 Å². The molecule has 0 aliphatic carbocycles. The number of carbonyl (C=O) groups is 2. The highest BCUT2D eigenvalue weighted by atomic mass is 16.5. The number of rotatable bonds is 7. The predicted molar refractivity (Wildman–Crippen MR) is 107 cm³/mol. The maximum Gasteiger partial charge on any atom is 0.338 e. The summed E-state index contributed by atoms with van der Waals surface area (Å²) >= 11 is 0. The Kier molecular flexibility index (Phi) is 6.97. The molecule has 1 aromatic heterocycles. The van der Waals surface area contributed by atoms with Crippen molar-refractivity contribution in [1.29, 1.82) is 0 Å². The highest BCUT2D eigenvalue weighted by Gasteiger charge is 2.14. The maximum atomic E-state index is 12.4. The van der Waals surface area contributed by atoms with Crippen LogP contribution < -0.4 is 10.2 Å². The number of nitrogens with zero attached hydrogens (tertiary/aromatic N) is 2. The summed E-state index contributed by atoms with van der Waals surface area (Å²) in [5, 5.41) is 2.81. The summed E-state index contributed by atoms with van der Waals surface area (Å²) < 4.78 is 10.5. The quantitative estimate of drug-likeness (QED) is 0.584. The highest BCUT2D eigenvalue weighted by molar-refractivity contribution is 6.04. The van der Waals surface area contributed by atoms with E-state index in [2.05, 4.69) is 15.2 Å². The Bertz CT molecular complexity index is 784. The Morgan fingerprint density at radius 2 is 1.82 bits per heavy atom. The molecule has 0 unspecified atom stereocenters. The van der Waals surface area contributed by atoms with Crippen LogP contribution in [0.1, 0.15) is 40.5 Å². The molecule has 3 rings (SSSR count). The van der Waals surface area contributed by atoms with Crippen LogP contribution in [0.25, 0.3) is 0 Å². The molecule has 0 bridgehead atoms. The van der Waals surface area contributed by atoms with Crippen LogP contribution in [0.15, 0.2) is 42.6 Å². The van der Waals surface area contributed by atoms with Crippen LogP contribution in [0.3, 0.4) is 0 Å². The van der Waals surface area contributed by atoms with Gasteiger partial charge in [0.1, 0.15) is 5.82 Å². The van der Waals surface area contributed by atoms with E-state index in [-0.39, 0.29) is 11.9 Å². The molecule has 0 spiro atoms. The minimum absolute atomic E-state index is 0.251. The smallest absolute Gasteiger partial charge is 0.338 e. The van der Waals surface area contributed by atoms with Gasteiger partial charge in [0.25, 0.3) is 5.91 Å². The Morgan fingerprint density at radius 1 is 1.11 bits per heavy atom. The molecule has 1 aliphatic heterocycles. The molecule has 1 aromatic carbocycles. The summed E-state index contributed by atoms with van der Waals surface area (Å²) in [5.74, 6) is 0.235. The maximum absolute atomic E-state index is 12.4. The Hall–Kier alpha value is -2.93. The minimum Gasteiger partial charge on any atom is -0.462 e. The molecule has 7 nitrogen and oxygen atoms in total. The summed E-state index contributed by atoms with van der Waals surface area (Å²) in [4.78, 5) is 30.8. The lowest BCUT2D eigenvalue weighted by Gasteiger charge is -2.27. The van der Waals surface area contributed by atoms with E-state index in [9.17, 15) is 9.59 Å². The molecule has 2 aromatic rings.